The minimum atomic E-state index is 0.406. The van der Waals surface area contributed by atoms with Crippen LogP contribution in [0.3, 0.4) is 0 Å². The van der Waals surface area contributed by atoms with Crippen molar-refractivity contribution in [3.8, 4) is 0 Å². The van der Waals surface area contributed by atoms with Crippen molar-refractivity contribution in [1.29, 1.82) is 0 Å². The summed E-state index contributed by atoms with van der Waals surface area (Å²) in [6, 6.07) is 6.58. The number of aryl methyl sites for hydroxylation is 1. The summed E-state index contributed by atoms with van der Waals surface area (Å²) in [5.74, 6) is 2.34. The molecule has 0 bridgehead atoms. The van der Waals surface area contributed by atoms with Crippen molar-refractivity contribution < 1.29 is 0 Å². The third-order valence-corrected chi connectivity index (χ3v) is 4.33. The third kappa shape index (κ3) is 1.74. The predicted octanol–water partition coefficient (Wildman–Crippen LogP) is 2.90. The minimum absolute atomic E-state index is 0.406. The summed E-state index contributed by atoms with van der Waals surface area (Å²) in [5.41, 5.74) is 9.39. The van der Waals surface area contributed by atoms with Gasteiger partial charge in [0.2, 0.25) is 0 Å². The Morgan fingerprint density at radius 2 is 2.22 bits per heavy atom. The lowest BCUT2D eigenvalue weighted by Gasteiger charge is -2.24. The van der Waals surface area contributed by atoms with Gasteiger partial charge in [-0.3, -0.25) is 0 Å². The Morgan fingerprint density at radius 3 is 2.83 bits per heavy atom. The molecule has 0 spiro atoms. The van der Waals surface area contributed by atoms with Crippen LogP contribution in [0, 0.1) is 0 Å². The molecule has 0 aliphatic heterocycles. The van der Waals surface area contributed by atoms with Gasteiger partial charge in [0.1, 0.15) is 5.82 Å². The first kappa shape index (κ1) is 11.7. The van der Waals surface area contributed by atoms with Crippen LogP contribution in [0.25, 0.3) is 11.0 Å². The van der Waals surface area contributed by atoms with Gasteiger partial charge < -0.3 is 10.3 Å². The second-order valence-corrected chi connectivity index (χ2v) is 5.54. The maximum Gasteiger partial charge on any atom is 0.112 e. The molecule has 1 unspecified atom stereocenters. The largest absolute Gasteiger partial charge is 0.331 e. The van der Waals surface area contributed by atoms with Crippen LogP contribution in [0.15, 0.2) is 18.2 Å². The molecule has 1 aromatic carbocycles. The summed E-state index contributed by atoms with van der Waals surface area (Å²) in [5, 5.41) is 0. The maximum atomic E-state index is 5.74. The van der Waals surface area contributed by atoms with Crippen LogP contribution in [0.1, 0.15) is 49.4 Å². The summed E-state index contributed by atoms with van der Waals surface area (Å²) in [4.78, 5) is 4.83. The minimum Gasteiger partial charge on any atom is -0.331 e. The van der Waals surface area contributed by atoms with E-state index in [9.17, 15) is 0 Å². The van der Waals surface area contributed by atoms with E-state index in [1.54, 1.807) is 0 Å². The highest BCUT2D eigenvalue weighted by Gasteiger charge is 2.24. The Labute approximate surface area is 108 Å². The molecule has 1 heterocycles. The van der Waals surface area contributed by atoms with Crippen molar-refractivity contribution in [2.75, 3.05) is 6.54 Å². The Morgan fingerprint density at radius 1 is 1.44 bits per heavy atom. The molecule has 1 aliphatic carbocycles. The normalized spacial score (nSPS) is 17.9. The molecule has 1 aromatic heterocycles. The molecule has 1 saturated carbocycles. The number of fused-ring (bicyclic) bond motifs is 1. The fraction of sp³-hybridized carbons (Fsp3) is 0.533. The fourth-order valence-electron chi connectivity index (χ4n) is 2.71. The Bertz CT molecular complexity index is 566. The lowest BCUT2D eigenvalue weighted by atomic mass is 9.85. The molecule has 3 nitrogen and oxygen atoms in total. The summed E-state index contributed by atoms with van der Waals surface area (Å²) < 4.78 is 2.26. The van der Waals surface area contributed by atoms with Crippen LogP contribution in [-0.4, -0.2) is 16.1 Å². The van der Waals surface area contributed by atoms with Gasteiger partial charge in [-0.1, -0.05) is 19.4 Å². The van der Waals surface area contributed by atoms with Crippen molar-refractivity contribution in [3.63, 3.8) is 0 Å². The summed E-state index contributed by atoms with van der Waals surface area (Å²) in [7, 11) is 2.13. The molecule has 1 aliphatic rings. The molecular weight excluding hydrogens is 222 g/mol. The van der Waals surface area contributed by atoms with E-state index in [2.05, 4.69) is 36.7 Å². The van der Waals surface area contributed by atoms with E-state index >= 15 is 0 Å². The molecule has 1 fully saturated rings. The second-order valence-electron chi connectivity index (χ2n) is 5.54. The fourth-order valence-corrected chi connectivity index (χ4v) is 2.71. The number of imidazole rings is 1. The van der Waals surface area contributed by atoms with Crippen molar-refractivity contribution in [2.45, 2.75) is 38.0 Å². The highest BCUT2D eigenvalue weighted by atomic mass is 15.1. The van der Waals surface area contributed by atoms with E-state index in [0.717, 1.165) is 5.52 Å². The van der Waals surface area contributed by atoms with E-state index in [1.807, 2.05) is 0 Å². The second kappa shape index (κ2) is 4.39. The van der Waals surface area contributed by atoms with Gasteiger partial charge in [0.15, 0.2) is 0 Å². The third-order valence-electron chi connectivity index (χ3n) is 4.33. The van der Waals surface area contributed by atoms with Gasteiger partial charge in [0.25, 0.3) is 0 Å². The van der Waals surface area contributed by atoms with E-state index < -0.39 is 0 Å². The van der Waals surface area contributed by atoms with Crippen molar-refractivity contribution in [1.82, 2.24) is 9.55 Å². The molecule has 2 aromatic rings. The molecule has 0 saturated heterocycles. The Kier molecular flexibility index (Phi) is 2.86. The number of hydrogen-bond donors (Lipinski definition) is 1. The molecule has 1 atom stereocenters. The molecule has 2 N–H and O–H groups in total. The van der Waals surface area contributed by atoms with Crippen LogP contribution in [0.2, 0.25) is 0 Å². The molecular formula is C15H21N3. The summed E-state index contributed by atoms with van der Waals surface area (Å²) in [6.07, 6.45) is 3.94. The van der Waals surface area contributed by atoms with E-state index in [1.165, 1.54) is 36.2 Å². The first-order valence-electron chi connectivity index (χ1n) is 6.87. The highest BCUT2D eigenvalue weighted by molar-refractivity contribution is 5.77. The topological polar surface area (TPSA) is 43.8 Å². The van der Waals surface area contributed by atoms with Crippen molar-refractivity contribution in [2.24, 2.45) is 12.8 Å². The van der Waals surface area contributed by atoms with E-state index in [-0.39, 0.29) is 0 Å². The monoisotopic (exact) mass is 243 g/mol. The van der Waals surface area contributed by atoms with Gasteiger partial charge in [-0.25, -0.2) is 4.98 Å². The zero-order valence-electron chi connectivity index (χ0n) is 11.2. The number of hydrogen-bond acceptors (Lipinski definition) is 2. The van der Waals surface area contributed by atoms with E-state index in [0.29, 0.717) is 18.4 Å². The van der Waals surface area contributed by atoms with Gasteiger partial charge in [0.05, 0.1) is 11.0 Å². The van der Waals surface area contributed by atoms with Crippen LogP contribution in [0.5, 0.6) is 0 Å². The Hall–Kier alpha value is -1.35. The van der Waals surface area contributed by atoms with Crippen LogP contribution in [0.4, 0.5) is 0 Å². The molecule has 3 rings (SSSR count). The quantitative estimate of drug-likeness (QED) is 0.900. The number of aromatic nitrogens is 2. The standard InChI is InChI=1S/C15H21N3/c1-10(9-16)12-6-7-14-13(8-12)17-15(18(14)2)11-4-3-5-11/h6-8,10-11H,3-5,9,16H2,1-2H3. The molecule has 0 radical (unpaired) electrons. The summed E-state index contributed by atoms with van der Waals surface area (Å²) in [6.45, 7) is 2.85. The van der Waals surface area contributed by atoms with Gasteiger partial charge in [-0.15, -0.1) is 0 Å². The molecule has 18 heavy (non-hydrogen) atoms. The molecule has 96 valence electrons. The average molecular weight is 243 g/mol. The van der Waals surface area contributed by atoms with Crippen molar-refractivity contribution >= 4 is 11.0 Å². The smallest absolute Gasteiger partial charge is 0.112 e. The average Bonchev–Trinajstić information content (AvgIpc) is 2.63. The van der Waals surface area contributed by atoms with Crippen molar-refractivity contribution in [3.05, 3.63) is 29.6 Å². The van der Waals surface area contributed by atoms with Crippen LogP contribution < -0.4 is 5.73 Å². The Balaban J connectivity index is 2.06. The number of rotatable bonds is 3. The van der Waals surface area contributed by atoms with Crippen LogP contribution in [-0.2, 0) is 7.05 Å². The first-order valence-corrected chi connectivity index (χ1v) is 6.87. The van der Waals surface area contributed by atoms with Gasteiger partial charge >= 0.3 is 0 Å². The number of nitrogens with zero attached hydrogens (tertiary/aromatic N) is 2. The van der Waals surface area contributed by atoms with Crippen LogP contribution >= 0.6 is 0 Å². The SMILES string of the molecule is CC(CN)c1ccc2c(c1)nc(C1CCC1)n2C. The maximum absolute atomic E-state index is 5.74. The van der Waals surface area contributed by atoms with Gasteiger partial charge in [0, 0.05) is 13.0 Å². The zero-order chi connectivity index (χ0) is 12.7. The van der Waals surface area contributed by atoms with E-state index in [4.69, 9.17) is 10.7 Å². The number of benzene rings is 1. The van der Waals surface area contributed by atoms with Gasteiger partial charge in [-0.05, 0) is 43.0 Å². The van der Waals surface area contributed by atoms with Gasteiger partial charge in [-0.2, -0.15) is 0 Å². The molecule has 3 heteroatoms. The first-order chi connectivity index (χ1) is 8.70. The zero-order valence-corrected chi connectivity index (χ0v) is 11.2. The lowest BCUT2D eigenvalue weighted by Crippen LogP contribution is -2.13. The highest BCUT2D eigenvalue weighted by Crippen LogP contribution is 2.37. The predicted molar refractivity (Wildman–Crippen MR) is 74.8 cm³/mol. The lowest BCUT2D eigenvalue weighted by molar-refractivity contribution is 0.395. The molecule has 0 amide bonds. The number of nitrogens with two attached hydrogens (primary N) is 1. The summed E-state index contributed by atoms with van der Waals surface area (Å²) >= 11 is 0.